The van der Waals surface area contributed by atoms with E-state index in [1.165, 1.54) is 82.9 Å². The van der Waals surface area contributed by atoms with E-state index in [1.807, 2.05) is 6.20 Å². The van der Waals surface area contributed by atoms with Crippen LogP contribution in [0.25, 0.3) is 0 Å². The molecule has 2 aliphatic rings. The molecule has 0 radical (unpaired) electrons. The highest BCUT2D eigenvalue weighted by Crippen LogP contribution is 2.35. The van der Waals surface area contributed by atoms with E-state index in [1.54, 1.807) is 0 Å². The van der Waals surface area contributed by atoms with Gasteiger partial charge in [0.2, 0.25) is 0 Å². The summed E-state index contributed by atoms with van der Waals surface area (Å²) in [6.45, 7) is 4.78. The van der Waals surface area contributed by atoms with Crippen molar-refractivity contribution in [2.75, 3.05) is 18.4 Å². The molecule has 3 rings (SSSR count). The Labute approximate surface area is 141 Å². The quantitative estimate of drug-likeness (QED) is 0.786. The minimum absolute atomic E-state index is 0.565. The lowest BCUT2D eigenvalue weighted by atomic mass is 9.93. The number of aromatic nitrogens is 1. The van der Waals surface area contributed by atoms with Crippen LogP contribution >= 0.6 is 0 Å². The number of rotatable bonds is 6. The molecule has 2 fully saturated rings. The Morgan fingerprint density at radius 3 is 2.78 bits per heavy atom. The standard InChI is InChI=1S/C20H33N3/c1-2-3-15-23-16-8-7-13-19(23)18-12-9-14-21-20(18)22-17-10-5-4-6-11-17/h9,12,14,17,19H,2-8,10-11,13,15-16H2,1H3,(H,21,22)/t19-/m1/s1. The number of pyridine rings is 1. The largest absolute Gasteiger partial charge is 0.367 e. The second-order valence-corrected chi connectivity index (χ2v) is 7.32. The Hall–Kier alpha value is -1.09. The molecule has 1 saturated carbocycles. The van der Waals surface area contributed by atoms with Crippen LogP contribution in [0.3, 0.4) is 0 Å². The summed E-state index contributed by atoms with van der Waals surface area (Å²) in [5.74, 6) is 1.16. The first-order valence-electron chi connectivity index (χ1n) is 9.84. The average Bonchev–Trinajstić information content (AvgIpc) is 2.62. The fraction of sp³-hybridized carbons (Fsp3) is 0.750. The van der Waals surface area contributed by atoms with Crippen LogP contribution in [0.4, 0.5) is 5.82 Å². The molecule has 23 heavy (non-hydrogen) atoms. The molecule has 0 unspecified atom stereocenters. The zero-order valence-electron chi connectivity index (χ0n) is 14.8. The van der Waals surface area contributed by atoms with E-state index in [0.717, 1.165) is 5.82 Å². The molecular formula is C20H33N3. The normalized spacial score (nSPS) is 23.8. The van der Waals surface area contributed by atoms with Crippen LogP contribution in [0.1, 0.15) is 82.7 Å². The highest BCUT2D eigenvalue weighted by atomic mass is 15.2. The van der Waals surface area contributed by atoms with Gasteiger partial charge in [-0.05, 0) is 51.3 Å². The number of piperidine rings is 1. The third kappa shape index (κ3) is 4.47. The summed E-state index contributed by atoms with van der Waals surface area (Å²) in [6.07, 6.45) is 15.3. The summed E-state index contributed by atoms with van der Waals surface area (Å²) in [7, 11) is 0. The van der Waals surface area contributed by atoms with Crippen molar-refractivity contribution in [2.24, 2.45) is 0 Å². The van der Waals surface area contributed by atoms with Crippen molar-refractivity contribution >= 4 is 5.82 Å². The van der Waals surface area contributed by atoms with Crippen LogP contribution in [0.2, 0.25) is 0 Å². The molecule has 1 saturated heterocycles. The highest BCUT2D eigenvalue weighted by molar-refractivity contribution is 5.46. The zero-order chi connectivity index (χ0) is 15.9. The monoisotopic (exact) mass is 315 g/mol. The van der Waals surface area contributed by atoms with Crippen molar-refractivity contribution in [3.05, 3.63) is 23.9 Å². The van der Waals surface area contributed by atoms with Crippen molar-refractivity contribution in [2.45, 2.75) is 83.2 Å². The summed E-state index contributed by atoms with van der Waals surface area (Å²) < 4.78 is 0. The molecule has 128 valence electrons. The summed E-state index contributed by atoms with van der Waals surface area (Å²) in [5.41, 5.74) is 1.44. The zero-order valence-corrected chi connectivity index (χ0v) is 14.8. The average molecular weight is 316 g/mol. The molecule has 1 atom stereocenters. The molecule has 3 heteroatoms. The SMILES string of the molecule is CCCCN1CCCC[C@@H]1c1cccnc1NC1CCCCC1. The van der Waals surface area contributed by atoms with Crippen molar-refractivity contribution in [3.8, 4) is 0 Å². The number of likely N-dealkylation sites (tertiary alicyclic amines) is 1. The van der Waals surface area contributed by atoms with Crippen molar-refractivity contribution in [3.63, 3.8) is 0 Å². The van der Waals surface area contributed by atoms with E-state index in [4.69, 9.17) is 4.98 Å². The lowest BCUT2D eigenvalue weighted by Crippen LogP contribution is -2.35. The molecule has 1 N–H and O–H groups in total. The highest BCUT2D eigenvalue weighted by Gasteiger charge is 2.26. The van der Waals surface area contributed by atoms with Gasteiger partial charge in [-0.25, -0.2) is 4.98 Å². The van der Waals surface area contributed by atoms with Gasteiger partial charge in [0.15, 0.2) is 0 Å². The summed E-state index contributed by atoms with van der Waals surface area (Å²) in [5, 5.41) is 3.79. The number of anilines is 1. The van der Waals surface area contributed by atoms with E-state index >= 15 is 0 Å². The molecule has 1 aromatic rings. The van der Waals surface area contributed by atoms with E-state index in [0.29, 0.717) is 12.1 Å². The summed E-state index contributed by atoms with van der Waals surface area (Å²) >= 11 is 0. The van der Waals surface area contributed by atoms with E-state index < -0.39 is 0 Å². The lowest BCUT2D eigenvalue weighted by Gasteiger charge is -2.37. The van der Waals surface area contributed by atoms with Gasteiger partial charge < -0.3 is 5.32 Å². The van der Waals surface area contributed by atoms with E-state index in [2.05, 4.69) is 29.3 Å². The van der Waals surface area contributed by atoms with Gasteiger partial charge in [-0.3, -0.25) is 4.90 Å². The molecule has 0 spiro atoms. The number of hydrogen-bond donors (Lipinski definition) is 1. The molecule has 2 heterocycles. The van der Waals surface area contributed by atoms with Crippen LogP contribution in [0.5, 0.6) is 0 Å². The van der Waals surface area contributed by atoms with Crippen molar-refractivity contribution in [1.82, 2.24) is 9.88 Å². The van der Waals surface area contributed by atoms with Crippen LogP contribution < -0.4 is 5.32 Å². The van der Waals surface area contributed by atoms with Gasteiger partial charge in [-0.2, -0.15) is 0 Å². The fourth-order valence-electron chi connectivity index (χ4n) is 4.22. The first-order chi connectivity index (χ1) is 11.4. The summed E-state index contributed by atoms with van der Waals surface area (Å²) in [6, 6.07) is 5.63. The first kappa shape index (κ1) is 16.8. The topological polar surface area (TPSA) is 28.2 Å². The van der Waals surface area contributed by atoms with Gasteiger partial charge in [0, 0.05) is 23.8 Å². The second kappa shape index (κ2) is 8.68. The maximum Gasteiger partial charge on any atom is 0.130 e. The second-order valence-electron chi connectivity index (χ2n) is 7.32. The summed E-state index contributed by atoms with van der Waals surface area (Å²) in [4.78, 5) is 7.43. The molecule has 1 aliphatic carbocycles. The maximum atomic E-state index is 4.72. The smallest absolute Gasteiger partial charge is 0.130 e. The Morgan fingerprint density at radius 1 is 1.13 bits per heavy atom. The number of nitrogens with one attached hydrogen (secondary N) is 1. The predicted octanol–water partition coefficient (Wildman–Crippen LogP) is 5.15. The van der Waals surface area contributed by atoms with Gasteiger partial charge in [-0.15, -0.1) is 0 Å². The molecule has 0 aromatic carbocycles. The third-order valence-corrected chi connectivity index (χ3v) is 5.56. The maximum absolute atomic E-state index is 4.72. The van der Waals surface area contributed by atoms with Crippen LogP contribution in [0.15, 0.2) is 18.3 Å². The Morgan fingerprint density at radius 2 is 1.96 bits per heavy atom. The van der Waals surface area contributed by atoms with Crippen LogP contribution in [-0.2, 0) is 0 Å². The minimum atomic E-state index is 0.565. The number of hydrogen-bond acceptors (Lipinski definition) is 3. The van der Waals surface area contributed by atoms with Gasteiger partial charge in [-0.1, -0.05) is 45.1 Å². The predicted molar refractivity (Wildman–Crippen MR) is 97.8 cm³/mol. The molecule has 0 bridgehead atoms. The molecule has 3 nitrogen and oxygen atoms in total. The van der Waals surface area contributed by atoms with E-state index in [-0.39, 0.29) is 0 Å². The van der Waals surface area contributed by atoms with Crippen LogP contribution in [-0.4, -0.2) is 29.0 Å². The van der Waals surface area contributed by atoms with Crippen molar-refractivity contribution in [1.29, 1.82) is 0 Å². The number of nitrogens with zero attached hydrogens (tertiary/aromatic N) is 2. The Balaban J connectivity index is 1.74. The molecular weight excluding hydrogens is 282 g/mol. The lowest BCUT2D eigenvalue weighted by molar-refractivity contribution is 0.147. The third-order valence-electron chi connectivity index (χ3n) is 5.56. The van der Waals surface area contributed by atoms with Gasteiger partial charge >= 0.3 is 0 Å². The first-order valence-corrected chi connectivity index (χ1v) is 9.84. The van der Waals surface area contributed by atoms with Gasteiger partial charge in [0.05, 0.1) is 0 Å². The van der Waals surface area contributed by atoms with Crippen molar-refractivity contribution < 1.29 is 0 Å². The molecule has 0 amide bonds. The van der Waals surface area contributed by atoms with E-state index in [9.17, 15) is 0 Å². The van der Waals surface area contributed by atoms with Gasteiger partial charge in [0.25, 0.3) is 0 Å². The number of unbranched alkanes of at least 4 members (excludes halogenated alkanes) is 1. The molecule has 1 aromatic heterocycles. The Bertz CT molecular complexity index is 468. The minimum Gasteiger partial charge on any atom is -0.367 e. The fourth-order valence-corrected chi connectivity index (χ4v) is 4.22. The van der Waals surface area contributed by atoms with Gasteiger partial charge in [0.1, 0.15) is 5.82 Å². The Kier molecular flexibility index (Phi) is 6.32. The van der Waals surface area contributed by atoms with Crippen LogP contribution in [0, 0.1) is 0 Å². The molecule has 1 aliphatic heterocycles.